The van der Waals surface area contributed by atoms with Gasteiger partial charge in [-0.15, -0.1) is 8.78 Å². The predicted molar refractivity (Wildman–Crippen MR) is 61.9 cm³/mol. The number of amides is 2. The Hall–Kier alpha value is -2.58. The lowest BCUT2D eigenvalue weighted by Crippen LogP contribution is -2.40. The number of halogens is 2. The first-order chi connectivity index (χ1) is 9.27. The fourth-order valence-electron chi connectivity index (χ4n) is 1.45. The molecule has 20 heavy (non-hydrogen) atoms. The van der Waals surface area contributed by atoms with Gasteiger partial charge >= 0.3 is 18.3 Å². The van der Waals surface area contributed by atoms with Gasteiger partial charge in [0.25, 0.3) is 0 Å². The standard InChI is InChI=1S/C11H10F2N2O5/c1-5(9(16)17)14-10(18)15-6-2-3-7-8(4-6)20-11(12,13)19-7/h2-5H,1H3,(H,16,17)(H2,14,15,18). The highest BCUT2D eigenvalue weighted by Gasteiger charge is 2.43. The van der Waals surface area contributed by atoms with E-state index >= 15 is 0 Å². The lowest BCUT2D eigenvalue weighted by molar-refractivity contribution is -0.286. The van der Waals surface area contributed by atoms with Crippen LogP contribution in [0.4, 0.5) is 19.3 Å². The molecule has 1 aliphatic heterocycles. The molecule has 0 aromatic heterocycles. The molecule has 2 amide bonds. The average Bonchev–Trinajstić information content (AvgIpc) is 2.61. The summed E-state index contributed by atoms with van der Waals surface area (Å²) in [6.45, 7) is 1.28. The van der Waals surface area contributed by atoms with Crippen LogP contribution in [0, 0.1) is 0 Å². The van der Waals surface area contributed by atoms with Crippen molar-refractivity contribution in [2.24, 2.45) is 0 Å². The number of hydrogen-bond acceptors (Lipinski definition) is 4. The van der Waals surface area contributed by atoms with Crippen molar-refractivity contribution < 1.29 is 33.0 Å². The molecule has 0 saturated heterocycles. The van der Waals surface area contributed by atoms with Gasteiger partial charge in [-0.25, -0.2) is 4.79 Å². The van der Waals surface area contributed by atoms with E-state index in [1.807, 2.05) is 0 Å². The van der Waals surface area contributed by atoms with Gasteiger partial charge in [-0.1, -0.05) is 0 Å². The van der Waals surface area contributed by atoms with Gasteiger partial charge in [-0.05, 0) is 19.1 Å². The number of nitrogens with one attached hydrogen (secondary N) is 2. The maximum absolute atomic E-state index is 12.8. The minimum Gasteiger partial charge on any atom is -0.480 e. The van der Waals surface area contributed by atoms with E-state index in [9.17, 15) is 18.4 Å². The number of carbonyl (C=O) groups excluding carboxylic acids is 1. The molecule has 1 aromatic carbocycles. The Morgan fingerprint density at radius 1 is 1.30 bits per heavy atom. The van der Waals surface area contributed by atoms with Crippen LogP contribution in [0.25, 0.3) is 0 Å². The number of urea groups is 1. The molecule has 7 nitrogen and oxygen atoms in total. The molecule has 108 valence electrons. The molecule has 3 N–H and O–H groups in total. The third kappa shape index (κ3) is 3.05. The molecule has 0 fully saturated rings. The van der Waals surface area contributed by atoms with Crippen molar-refractivity contribution in [1.29, 1.82) is 0 Å². The van der Waals surface area contributed by atoms with Crippen molar-refractivity contribution in [1.82, 2.24) is 5.32 Å². The van der Waals surface area contributed by atoms with Gasteiger partial charge < -0.3 is 25.2 Å². The van der Waals surface area contributed by atoms with E-state index in [0.717, 1.165) is 6.07 Å². The second-order valence-corrected chi connectivity index (χ2v) is 3.99. The molecule has 0 aliphatic carbocycles. The van der Waals surface area contributed by atoms with E-state index in [1.54, 1.807) is 0 Å². The van der Waals surface area contributed by atoms with Crippen LogP contribution >= 0.6 is 0 Å². The fraction of sp³-hybridized carbons (Fsp3) is 0.273. The molecule has 1 atom stereocenters. The topological polar surface area (TPSA) is 96.9 Å². The summed E-state index contributed by atoms with van der Waals surface area (Å²) in [5.74, 6) is -1.58. The molecule has 1 heterocycles. The molecule has 1 aromatic rings. The second kappa shape index (κ2) is 4.83. The Kier molecular flexibility index (Phi) is 3.35. The van der Waals surface area contributed by atoms with Crippen molar-refractivity contribution >= 4 is 17.7 Å². The highest BCUT2D eigenvalue weighted by Crippen LogP contribution is 2.42. The van der Waals surface area contributed by atoms with E-state index in [-0.39, 0.29) is 17.2 Å². The summed E-state index contributed by atoms with van der Waals surface area (Å²) in [7, 11) is 0. The molecule has 1 aliphatic rings. The Morgan fingerprint density at radius 3 is 2.60 bits per heavy atom. The number of carbonyl (C=O) groups is 2. The smallest absolute Gasteiger partial charge is 0.480 e. The van der Waals surface area contributed by atoms with Gasteiger partial charge in [-0.2, -0.15) is 0 Å². The van der Waals surface area contributed by atoms with Gasteiger partial charge in [-0.3, -0.25) is 4.79 Å². The zero-order chi connectivity index (χ0) is 14.9. The number of carboxylic acid groups (broad SMARTS) is 1. The van der Waals surface area contributed by atoms with Gasteiger partial charge in [0.1, 0.15) is 6.04 Å². The Bertz CT molecular complexity index is 564. The fourth-order valence-corrected chi connectivity index (χ4v) is 1.45. The monoisotopic (exact) mass is 288 g/mol. The largest absolute Gasteiger partial charge is 0.586 e. The van der Waals surface area contributed by atoms with Crippen molar-refractivity contribution in [3.05, 3.63) is 18.2 Å². The summed E-state index contributed by atoms with van der Waals surface area (Å²) in [6.07, 6.45) is -3.74. The number of carboxylic acids is 1. The summed E-state index contributed by atoms with van der Waals surface area (Å²) < 4.78 is 34.0. The first kappa shape index (κ1) is 13.8. The maximum Gasteiger partial charge on any atom is 0.586 e. The van der Waals surface area contributed by atoms with E-state index in [2.05, 4.69) is 20.1 Å². The second-order valence-electron chi connectivity index (χ2n) is 3.99. The summed E-state index contributed by atoms with van der Waals surface area (Å²) in [5, 5.41) is 13.1. The number of alkyl halides is 2. The van der Waals surface area contributed by atoms with E-state index in [4.69, 9.17) is 5.11 Å². The Morgan fingerprint density at radius 2 is 1.95 bits per heavy atom. The number of benzene rings is 1. The first-order valence-electron chi connectivity index (χ1n) is 5.47. The molecule has 0 radical (unpaired) electrons. The van der Waals surface area contributed by atoms with E-state index in [1.165, 1.54) is 19.1 Å². The summed E-state index contributed by atoms with van der Waals surface area (Å²) in [4.78, 5) is 22.0. The number of aliphatic carboxylic acids is 1. The lowest BCUT2D eigenvalue weighted by Gasteiger charge is -2.10. The lowest BCUT2D eigenvalue weighted by atomic mass is 10.3. The van der Waals surface area contributed by atoms with Crippen LogP contribution in [0.5, 0.6) is 11.5 Å². The third-order valence-corrected chi connectivity index (χ3v) is 2.38. The van der Waals surface area contributed by atoms with Gasteiger partial charge in [0.2, 0.25) is 0 Å². The van der Waals surface area contributed by atoms with Crippen LogP contribution in [-0.4, -0.2) is 29.4 Å². The number of fused-ring (bicyclic) bond motifs is 1. The normalized spacial score (nSPS) is 16.4. The number of ether oxygens (including phenoxy) is 2. The molecule has 2 rings (SSSR count). The minimum atomic E-state index is -3.74. The van der Waals surface area contributed by atoms with Crippen LogP contribution < -0.4 is 20.1 Å². The van der Waals surface area contributed by atoms with Crippen LogP contribution in [0.2, 0.25) is 0 Å². The summed E-state index contributed by atoms with van der Waals surface area (Å²) in [6, 6.07) is 1.78. The molecule has 0 bridgehead atoms. The van der Waals surface area contributed by atoms with E-state index < -0.39 is 24.3 Å². The highest BCUT2D eigenvalue weighted by atomic mass is 19.3. The van der Waals surface area contributed by atoms with Crippen LogP contribution in [-0.2, 0) is 4.79 Å². The van der Waals surface area contributed by atoms with Crippen LogP contribution in [0.1, 0.15) is 6.92 Å². The quantitative estimate of drug-likeness (QED) is 0.785. The predicted octanol–water partition coefficient (Wildman–Crippen LogP) is 1.60. The number of hydrogen-bond donors (Lipinski definition) is 3. The molecule has 0 spiro atoms. The van der Waals surface area contributed by atoms with Crippen LogP contribution in [0.3, 0.4) is 0 Å². The summed E-state index contributed by atoms with van der Waals surface area (Å²) in [5.41, 5.74) is 0.153. The molecular formula is C11H10F2N2O5. The van der Waals surface area contributed by atoms with Crippen molar-refractivity contribution in [3.8, 4) is 11.5 Å². The molecule has 1 unspecified atom stereocenters. The first-order valence-corrected chi connectivity index (χ1v) is 5.47. The Balaban J connectivity index is 2.02. The van der Waals surface area contributed by atoms with Gasteiger partial charge in [0.15, 0.2) is 11.5 Å². The zero-order valence-electron chi connectivity index (χ0n) is 10.1. The molecule has 9 heteroatoms. The van der Waals surface area contributed by atoms with Gasteiger partial charge in [0, 0.05) is 11.8 Å². The number of rotatable bonds is 3. The van der Waals surface area contributed by atoms with Crippen LogP contribution in [0.15, 0.2) is 18.2 Å². The van der Waals surface area contributed by atoms with Gasteiger partial charge in [0.05, 0.1) is 0 Å². The van der Waals surface area contributed by atoms with Crippen molar-refractivity contribution in [3.63, 3.8) is 0 Å². The third-order valence-electron chi connectivity index (χ3n) is 2.38. The highest BCUT2D eigenvalue weighted by molar-refractivity contribution is 5.92. The summed E-state index contributed by atoms with van der Waals surface area (Å²) >= 11 is 0. The van der Waals surface area contributed by atoms with E-state index in [0.29, 0.717) is 0 Å². The molecular weight excluding hydrogens is 278 g/mol. The van der Waals surface area contributed by atoms with Crippen molar-refractivity contribution in [2.45, 2.75) is 19.3 Å². The minimum absolute atomic E-state index is 0.153. The van der Waals surface area contributed by atoms with Crippen molar-refractivity contribution in [2.75, 3.05) is 5.32 Å². The average molecular weight is 288 g/mol. The maximum atomic E-state index is 12.8. The number of anilines is 1. The molecule has 0 saturated carbocycles. The Labute approximate surface area is 111 Å². The zero-order valence-corrected chi connectivity index (χ0v) is 10.1. The SMILES string of the molecule is CC(NC(=O)Nc1ccc2c(c1)OC(F)(F)O2)C(=O)O.